The van der Waals surface area contributed by atoms with Crippen LogP contribution in [-0.2, 0) is 26.1 Å². The van der Waals surface area contributed by atoms with Crippen LogP contribution < -0.4 is 9.80 Å². The molecule has 0 aromatic heterocycles. The minimum absolute atomic E-state index is 0.275. The minimum Gasteiger partial charge on any atom is -0.310 e. The number of anilines is 2. The molecule has 2 aromatic rings. The average Bonchev–Trinajstić information content (AvgIpc) is 3.50. The maximum absolute atomic E-state index is 14.0. The second-order valence-corrected chi connectivity index (χ2v) is 9.27. The SMILES string of the molecule is CCN1C(=O)[C@]2(c3ccccc31)[C@@H]1C(=O)N(c3ccccc3C(F)(F)F)C(=O)[C@@H]1[C@H]1CCCN12. The summed E-state index contributed by atoms with van der Waals surface area (Å²) in [4.78, 5) is 46.0. The number of carbonyl (C=O) groups is 3. The molecule has 6 nitrogen and oxygen atoms in total. The lowest BCUT2D eigenvalue weighted by Gasteiger charge is -2.37. The van der Waals surface area contributed by atoms with Crippen LogP contribution in [0.2, 0.25) is 0 Å². The fourth-order valence-electron chi connectivity index (χ4n) is 6.80. The normalized spacial score (nSPS) is 30.5. The first-order valence-electron chi connectivity index (χ1n) is 11.5. The number of fused-ring (bicyclic) bond motifs is 7. The lowest BCUT2D eigenvalue weighted by Crippen LogP contribution is -2.56. The Morgan fingerprint density at radius 2 is 1.65 bits per heavy atom. The van der Waals surface area contributed by atoms with Gasteiger partial charge in [-0.2, -0.15) is 13.2 Å². The summed E-state index contributed by atoms with van der Waals surface area (Å²) >= 11 is 0. The van der Waals surface area contributed by atoms with E-state index in [0.717, 1.165) is 18.6 Å². The first-order valence-corrected chi connectivity index (χ1v) is 11.5. The summed E-state index contributed by atoms with van der Waals surface area (Å²) < 4.78 is 41.4. The van der Waals surface area contributed by atoms with E-state index in [-0.39, 0.29) is 11.9 Å². The molecule has 2 aromatic carbocycles. The molecule has 9 heteroatoms. The van der Waals surface area contributed by atoms with Gasteiger partial charge in [0.1, 0.15) is 5.54 Å². The Kier molecular flexibility index (Phi) is 4.34. The van der Waals surface area contributed by atoms with Crippen LogP contribution in [0, 0.1) is 11.8 Å². The molecule has 0 aliphatic carbocycles. The van der Waals surface area contributed by atoms with Gasteiger partial charge in [-0.05, 0) is 44.5 Å². The van der Waals surface area contributed by atoms with E-state index in [4.69, 9.17) is 0 Å². The Morgan fingerprint density at radius 3 is 2.35 bits per heavy atom. The van der Waals surface area contributed by atoms with Crippen molar-refractivity contribution in [3.05, 3.63) is 59.7 Å². The lowest BCUT2D eigenvalue weighted by molar-refractivity contribution is -0.138. The number of hydrogen-bond donors (Lipinski definition) is 0. The molecule has 0 bridgehead atoms. The third-order valence-corrected chi connectivity index (χ3v) is 7.91. The Hall–Kier alpha value is -3.20. The van der Waals surface area contributed by atoms with Crippen molar-refractivity contribution < 1.29 is 27.6 Å². The molecule has 3 saturated heterocycles. The van der Waals surface area contributed by atoms with E-state index in [0.29, 0.717) is 35.7 Å². The van der Waals surface area contributed by atoms with E-state index in [2.05, 4.69) is 0 Å². The maximum atomic E-state index is 14.0. The maximum Gasteiger partial charge on any atom is 0.418 e. The average molecular weight is 469 g/mol. The van der Waals surface area contributed by atoms with Gasteiger partial charge >= 0.3 is 6.18 Å². The van der Waals surface area contributed by atoms with E-state index in [1.807, 2.05) is 30.0 Å². The van der Waals surface area contributed by atoms with Crippen molar-refractivity contribution in [3.8, 4) is 0 Å². The number of rotatable bonds is 2. The molecular weight excluding hydrogens is 447 g/mol. The minimum atomic E-state index is -4.74. The van der Waals surface area contributed by atoms with Crippen molar-refractivity contribution >= 4 is 29.1 Å². The highest BCUT2D eigenvalue weighted by Gasteiger charge is 2.75. The van der Waals surface area contributed by atoms with E-state index < -0.39 is 46.6 Å². The predicted octanol–water partition coefficient (Wildman–Crippen LogP) is 3.55. The number of likely N-dealkylation sites (N-methyl/N-ethyl adjacent to an activating group) is 1. The van der Waals surface area contributed by atoms with Gasteiger partial charge in [0, 0.05) is 23.8 Å². The van der Waals surface area contributed by atoms with Gasteiger partial charge in [0.15, 0.2) is 0 Å². The smallest absolute Gasteiger partial charge is 0.310 e. The highest BCUT2D eigenvalue weighted by molar-refractivity contribution is 6.26. The fraction of sp³-hybridized carbons (Fsp3) is 0.400. The van der Waals surface area contributed by atoms with E-state index in [9.17, 15) is 27.6 Å². The van der Waals surface area contributed by atoms with Crippen molar-refractivity contribution in [1.82, 2.24) is 4.90 Å². The van der Waals surface area contributed by atoms with Crippen LogP contribution in [0.1, 0.15) is 30.9 Å². The van der Waals surface area contributed by atoms with Crippen molar-refractivity contribution in [2.75, 3.05) is 22.9 Å². The van der Waals surface area contributed by atoms with Gasteiger partial charge in [-0.1, -0.05) is 30.3 Å². The standard InChI is InChI=1S/C25H22F3N3O3/c1-2-29-16-10-5-3-8-14(16)24(23(29)34)20-19(18-12-7-13-30(18)24)21(32)31(22(20)33)17-11-6-4-9-15(17)25(26,27)28/h3-6,8-11,18-20H,2,7,12-13H2,1H3/t18-,19-,20+,24+/m1/s1. The van der Waals surface area contributed by atoms with Crippen LogP contribution in [-0.4, -0.2) is 41.8 Å². The number of para-hydroxylation sites is 2. The Labute approximate surface area is 193 Å². The highest BCUT2D eigenvalue weighted by atomic mass is 19.4. The van der Waals surface area contributed by atoms with Gasteiger partial charge in [-0.3, -0.25) is 19.3 Å². The molecule has 3 amide bonds. The lowest BCUT2D eigenvalue weighted by atomic mass is 9.75. The van der Waals surface area contributed by atoms with Crippen LogP contribution >= 0.6 is 0 Å². The van der Waals surface area contributed by atoms with Gasteiger partial charge in [-0.25, -0.2) is 4.90 Å². The number of carbonyl (C=O) groups excluding carboxylic acids is 3. The second-order valence-electron chi connectivity index (χ2n) is 9.27. The molecule has 176 valence electrons. The van der Waals surface area contributed by atoms with Crippen molar-refractivity contribution in [1.29, 1.82) is 0 Å². The zero-order valence-corrected chi connectivity index (χ0v) is 18.4. The van der Waals surface area contributed by atoms with Crippen molar-refractivity contribution in [2.45, 2.75) is 37.5 Å². The molecule has 1 spiro atoms. The van der Waals surface area contributed by atoms with Crippen LogP contribution in [0.15, 0.2) is 48.5 Å². The molecule has 6 rings (SSSR count). The van der Waals surface area contributed by atoms with Gasteiger partial charge in [0.25, 0.3) is 5.91 Å². The summed E-state index contributed by atoms with van der Waals surface area (Å²) in [5.74, 6) is -3.60. The summed E-state index contributed by atoms with van der Waals surface area (Å²) in [7, 11) is 0. The number of hydrogen-bond acceptors (Lipinski definition) is 4. The summed E-state index contributed by atoms with van der Waals surface area (Å²) in [5.41, 5.74) is -1.54. The predicted molar refractivity (Wildman–Crippen MR) is 117 cm³/mol. The third-order valence-electron chi connectivity index (χ3n) is 7.91. The molecular formula is C25H22F3N3O3. The molecule has 0 radical (unpaired) electrons. The van der Waals surface area contributed by atoms with Gasteiger partial charge < -0.3 is 4.90 Å². The number of halogens is 3. The largest absolute Gasteiger partial charge is 0.418 e. The van der Waals surface area contributed by atoms with E-state index >= 15 is 0 Å². The zero-order chi connectivity index (χ0) is 24.0. The molecule has 34 heavy (non-hydrogen) atoms. The quantitative estimate of drug-likeness (QED) is 0.632. The molecule has 0 saturated carbocycles. The van der Waals surface area contributed by atoms with E-state index in [1.165, 1.54) is 12.1 Å². The number of nitrogens with zero attached hydrogens (tertiary/aromatic N) is 3. The first kappa shape index (κ1) is 21.3. The number of amides is 3. The zero-order valence-electron chi connectivity index (χ0n) is 18.4. The van der Waals surface area contributed by atoms with Crippen molar-refractivity contribution in [2.24, 2.45) is 11.8 Å². The van der Waals surface area contributed by atoms with Gasteiger partial charge in [0.05, 0.1) is 23.1 Å². The second kappa shape index (κ2) is 6.91. The summed E-state index contributed by atoms with van der Waals surface area (Å²) in [6.07, 6.45) is -3.38. The Bertz CT molecular complexity index is 1250. The first-order chi connectivity index (χ1) is 16.2. The summed E-state index contributed by atoms with van der Waals surface area (Å²) in [6.45, 7) is 2.78. The fourth-order valence-corrected chi connectivity index (χ4v) is 6.80. The molecule has 4 aliphatic heterocycles. The number of benzene rings is 2. The molecule has 4 atom stereocenters. The Balaban J connectivity index is 1.57. The topological polar surface area (TPSA) is 60.9 Å². The molecule has 4 heterocycles. The Morgan fingerprint density at radius 1 is 0.971 bits per heavy atom. The monoisotopic (exact) mass is 469 g/mol. The molecule has 3 fully saturated rings. The van der Waals surface area contributed by atoms with Gasteiger partial charge in [-0.15, -0.1) is 0 Å². The van der Waals surface area contributed by atoms with E-state index in [1.54, 1.807) is 11.0 Å². The van der Waals surface area contributed by atoms with Crippen LogP contribution in [0.3, 0.4) is 0 Å². The van der Waals surface area contributed by atoms with Gasteiger partial charge in [0.2, 0.25) is 11.8 Å². The molecule has 0 unspecified atom stereocenters. The molecule has 4 aliphatic rings. The van der Waals surface area contributed by atoms with Crippen LogP contribution in [0.4, 0.5) is 24.5 Å². The number of alkyl halides is 3. The summed E-state index contributed by atoms with van der Waals surface area (Å²) in [5, 5.41) is 0. The van der Waals surface area contributed by atoms with Crippen molar-refractivity contribution in [3.63, 3.8) is 0 Å². The van der Waals surface area contributed by atoms with Crippen LogP contribution in [0.5, 0.6) is 0 Å². The molecule has 0 N–H and O–H groups in total. The summed E-state index contributed by atoms with van der Waals surface area (Å²) in [6, 6.07) is 11.5. The highest BCUT2D eigenvalue weighted by Crippen LogP contribution is 2.62. The number of imide groups is 1. The van der Waals surface area contributed by atoms with Crippen LogP contribution in [0.25, 0.3) is 0 Å². The third kappa shape index (κ3) is 2.38.